The van der Waals surface area contributed by atoms with Crippen LogP contribution < -0.4 is 5.73 Å². The highest BCUT2D eigenvalue weighted by Gasteiger charge is 2.24. The first-order valence-corrected chi connectivity index (χ1v) is 5.95. The van der Waals surface area contributed by atoms with E-state index in [0.717, 1.165) is 18.9 Å². The second-order valence-corrected chi connectivity index (χ2v) is 4.71. The molecule has 0 unspecified atom stereocenters. The first kappa shape index (κ1) is 15.2. The summed E-state index contributed by atoms with van der Waals surface area (Å²) in [6.07, 6.45) is 1.77. The number of carbonyl (C=O) groups excluding carboxylic acids is 1. The number of rotatable bonds is 1. The lowest BCUT2D eigenvalue weighted by Gasteiger charge is -2.30. The van der Waals surface area contributed by atoms with Gasteiger partial charge in [-0.3, -0.25) is 4.79 Å². The van der Waals surface area contributed by atoms with E-state index < -0.39 is 5.82 Å². The van der Waals surface area contributed by atoms with E-state index in [1.54, 1.807) is 4.90 Å². The van der Waals surface area contributed by atoms with Crippen molar-refractivity contribution in [2.75, 3.05) is 13.1 Å². The molecular weight excluding hydrogens is 278 g/mol. The maximum atomic E-state index is 13.6. The van der Waals surface area contributed by atoms with Crippen LogP contribution in [-0.2, 0) is 0 Å². The van der Waals surface area contributed by atoms with Crippen LogP contribution in [0, 0.1) is 5.82 Å². The van der Waals surface area contributed by atoms with Gasteiger partial charge in [-0.15, -0.1) is 12.4 Å². The Morgan fingerprint density at radius 2 is 2.22 bits per heavy atom. The Balaban J connectivity index is 0.00000162. The number of benzene rings is 1. The quantitative estimate of drug-likeness (QED) is 0.864. The number of nitrogens with zero attached hydrogens (tertiary/aromatic N) is 1. The Kier molecular flexibility index (Phi) is 5.38. The zero-order valence-electron chi connectivity index (χ0n) is 9.73. The summed E-state index contributed by atoms with van der Waals surface area (Å²) in [6, 6.07) is 4.07. The highest BCUT2D eigenvalue weighted by molar-refractivity contribution is 6.30. The molecule has 2 rings (SSSR count). The third kappa shape index (κ3) is 3.34. The Labute approximate surface area is 116 Å². The summed E-state index contributed by atoms with van der Waals surface area (Å²) in [5.41, 5.74) is 5.85. The summed E-state index contributed by atoms with van der Waals surface area (Å²) in [6.45, 7) is 1.12. The molecule has 18 heavy (non-hydrogen) atoms. The van der Waals surface area contributed by atoms with Gasteiger partial charge in [-0.1, -0.05) is 11.6 Å². The summed E-state index contributed by atoms with van der Waals surface area (Å²) in [4.78, 5) is 13.7. The molecule has 100 valence electrons. The van der Waals surface area contributed by atoms with Crippen LogP contribution in [0.5, 0.6) is 0 Å². The minimum absolute atomic E-state index is 0. The van der Waals surface area contributed by atoms with Crippen molar-refractivity contribution in [3.8, 4) is 0 Å². The monoisotopic (exact) mass is 292 g/mol. The van der Waals surface area contributed by atoms with Crippen LogP contribution in [0.2, 0.25) is 5.02 Å². The van der Waals surface area contributed by atoms with Gasteiger partial charge in [0.25, 0.3) is 5.91 Å². The van der Waals surface area contributed by atoms with Crippen LogP contribution >= 0.6 is 24.0 Å². The summed E-state index contributed by atoms with van der Waals surface area (Å²) in [5.74, 6) is -0.893. The largest absolute Gasteiger partial charge is 0.337 e. The van der Waals surface area contributed by atoms with E-state index in [1.165, 1.54) is 12.1 Å². The van der Waals surface area contributed by atoms with E-state index in [1.807, 2.05) is 0 Å². The Morgan fingerprint density at radius 3 is 2.83 bits per heavy atom. The fourth-order valence-electron chi connectivity index (χ4n) is 2.03. The van der Waals surface area contributed by atoms with Gasteiger partial charge in [-0.05, 0) is 31.0 Å². The van der Waals surface area contributed by atoms with E-state index >= 15 is 0 Å². The maximum Gasteiger partial charge on any atom is 0.256 e. The van der Waals surface area contributed by atoms with Gasteiger partial charge in [0.05, 0.1) is 5.56 Å². The van der Waals surface area contributed by atoms with Crippen molar-refractivity contribution in [3.05, 3.63) is 34.6 Å². The van der Waals surface area contributed by atoms with Gasteiger partial charge in [0, 0.05) is 24.2 Å². The number of halogens is 3. The van der Waals surface area contributed by atoms with Crippen LogP contribution in [0.3, 0.4) is 0 Å². The average molecular weight is 293 g/mol. The number of carbonyl (C=O) groups is 1. The molecule has 1 aromatic carbocycles. The number of likely N-dealkylation sites (tertiary alicyclic amines) is 1. The molecular formula is C12H15Cl2FN2O. The van der Waals surface area contributed by atoms with Gasteiger partial charge in [0.15, 0.2) is 0 Å². The zero-order chi connectivity index (χ0) is 12.4. The van der Waals surface area contributed by atoms with Crippen molar-refractivity contribution < 1.29 is 9.18 Å². The van der Waals surface area contributed by atoms with Crippen molar-refractivity contribution in [3.63, 3.8) is 0 Å². The number of hydrogen-bond acceptors (Lipinski definition) is 2. The van der Waals surface area contributed by atoms with E-state index in [-0.39, 0.29) is 34.9 Å². The Bertz CT molecular complexity index is 442. The molecule has 0 aromatic heterocycles. The maximum absolute atomic E-state index is 13.6. The summed E-state index contributed by atoms with van der Waals surface area (Å²) in [7, 11) is 0. The fraction of sp³-hybridized carbons (Fsp3) is 0.417. The third-order valence-electron chi connectivity index (χ3n) is 2.91. The predicted octanol–water partition coefficient (Wildman–Crippen LogP) is 2.46. The lowest BCUT2D eigenvalue weighted by molar-refractivity contribution is 0.0704. The van der Waals surface area contributed by atoms with E-state index in [9.17, 15) is 9.18 Å². The summed E-state index contributed by atoms with van der Waals surface area (Å²) in [5, 5.41) is 0.286. The summed E-state index contributed by atoms with van der Waals surface area (Å²) < 4.78 is 13.6. The molecule has 2 N–H and O–H groups in total. The van der Waals surface area contributed by atoms with E-state index in [2.05, 4.69) is 0 Å². The molecule has 1 saturated heterocycles. The smallest absolute Gasteiger partial charge is 0.256 e. The van der Waals surface area contributed by atoms with Crippen molar-refractivity contribution >= 4 is 29.9 Å². The molecule has 0 spiro atoms. The van der Waals surface area contributed by atoms with E-state index in [0.29, 0.717) is 13.1 Å². The molecule has 1 aliphatic heterocycles. The van der Waals surface area contributed by atoms with Crippen LogP contribution in [0.4, 0.5) is 4.39 Å². The second kappa shape index (κ2) is 6.36. The molecule has 0 aliphatic carbocycles. The van der Waals surface area contributed by atoms with Gasteiger partial charge < -0.3 is 10.6 Å². The van der Waals surface area contributed by atoms with Crippen molar-refractivity contribution in [1.29, 1.82) is 0 Å². The number of amides is 1. The zero-order valence-corrected chi connectivity index (χ0v) is 11.3. The topological polar surface area (TPSA) is 46.3 Å². The van der Waals surface area contributed by atoms with E-state index in [4.69, 9.17) is 17.3 Å². The number of nitrogens with two attached hydrogens (primary N) is 1. The molecule has 1 fully saturated rings. The normalized spacial score (nSPS) is 19.3. The molecule has 1 amide bonds. The van der Waals surface area contributed by atoms with Gasteiger partial charge in [-0.2, -0.15) is 0 Å². The standard InChI is InChI=1S/C12H14ClFN2O.ClH/c13-8-3-4-10(11(14)6-8)12(17)16-5-1-2-9(15)7-16;/h3-4,6,9H,1-2,5,7,15H2;1H/t9-;/m1./s1. The molecule has 6 heteroatoms. The molecule has 0 saturated carbocycles. The SMILES string of the molecule is Cl.N[C@@H]1CCCN(C(=O)c2ccc(Cl)cc2F)C1. The molecule has 1 heterocycles. The summed E-state index contributed by atoms with van der Waals surface area (Å²) >= 11 is 5.65. The predicted molar refractivity (Wildman–Crippen MR) is 71.8 cm³/mol. The highest BCUT2D eigenvalue weighted by Crippen LogP contribution is 2.18. The van der Waals surface area contributed by atoms with Gasteiger partial charge in [0.1, 0.15) is 5.82 Å². The molecule has 0 radical (unpaired) electrons. The lowest BCUT2D eigenvalue weighted by Crippen LogP contribution is -2.45. The highest BCUT2D eigenvalue weighted by atomic mass is 35.5. The minimum atomic E-state index is -0.582. The van der Waals surface area contributed by atoms with Crippen molar-refractivity contribution in [2.45, 2.75) is 18.9 Å². The molecule has 0 bridgehead atoms. The molecule has 1 aliphatic rings. The molecule has 3 nitrogen and oxygen atoms in total. The van der Waals surface area contributed by atoms with Crippen LogP contribution in [0.25, 0.3) is 0 Å². The third-order valence-corrected chi connectivity index (χ3v) is 3.14. The van der Waals surface area contributed by atoms with Gasteiger partial charge in [-0.25, -0.2) is 4.39 Å². The Hall–Kier alpha value is -0.840. The Morgan fingerprint density at radius 1 is 1.50 bits per heavy atom. The van der Waals surface area contributed by atoms with Crippen LogP contribution in [0.15, 0.2) is 18.2 Å². The fourth-order valence-corrected chi connectivity index (χ4v) is 2.19. The second-order valence-electron chi connectivity index (χ2n) is 4.28. The minimum Gasteiger partial charge on any atom is -0.337 e. The first-order chi connectivity index (χ1) is 8.08. The molecule has 1 aromatic rings. The van der Waals surface area contributed by atoms with Gasteiger partial charge >= 0.3 is 0 Å². The number of piperidine rings is 1. The first-order valence-electron chi connectivity index (χ1n) is 5.58. The van der Waals surface area contributed by atoms with Crippen LogP contribution in [-0.4, -0.2) is 29.9 Å². The number of hydrogen-bond donors (Lipinski definition) is 1. The average Bonchev–Trinajstić information content (AvgIpc) is 2.28. The molecule has 1 atom stereocenters. The van der Waals surface area contributed by atoms with Crippen molar-refractivity contribution in [1.82, 2.24) is 4.90 Å². The lowest BCUT2D eigenvalue weighted by atomic mass is 10.1. The van der Waals surface area contributed by atoms with Gasteiger partial charge in [0.2, 0.25) is 0 Å². The van der Waals surface area contributed by atoms with Crippen LogP contribution in [0.1, 0.15) is 23.2 Å². The van der Waals surface area contributed by atoms with Crippen molar-refractivity contribution in [2.24, 2.45) is 5.73 Å².